The van der Waals surface area contributed by atoms with Crippen molar-refractivity contribution in [2.45, 2.75) is 26.5 Å². The summed E-state index contributed by atoms with van der Waals surface area (Å²) in [6, 6.07) is 11.8. The van der Waals surface area contributed by atoms with Gasteiger partial charge in [0.05, 0.1) is 30.6 Å². The van der Waals surface area contributed by atoms with Crippen LogP contribution in [0.15, 0.2) is 52.4 Å². The van der Waals surface area contributed by atoms with Gasteiger partial charge >= 0.3 is 0 Å². The molecule has 2 aromatic carbocycles. The average molecular weight is 482 g/mol. The van der Waals surface area contributed by atoms with Crippen LogP contribution < -0.4 is 9.88 Å². The highest BCUT2D eigenvalue weighted by molar-refractivity contribution is 7.89. The van der Waals surface area contributed by atoms with Crippen LogP contribution in [0.5, 0.6) is 5.75 Å². The monoisotopic (exact) mass is 481 g/mol. The van der Waals surface area contributed by atoms with Gasteiger partial charge in [-0.25, -0.2) is 27.9 Å². The van der Waals surface area contributed by atoms with Crippen molar-refractivity contribution < 1.29 is 17.5 Å². The molecule has 0 fully saturated rings. The van der Waals surface area contributed by atoms with E-state index in [1.54, 1.807) is 23.1 Å². The minimum Gasteiger partial charge on any atom is -0.488 e. The number of nitrogens with two attached hydrogens (primary N) is 1. The van der Waals surface area contributed by atoms with Crippen LogP contribution in [0, 0.1) is 5.82 Å². The van der Waals surface area contributed by atoms with E-state index in [1.807, 2.05) is 30.9 Å². The van der Waals surface area contributed by atoms with Crippen LogP contribution in [0.3, 0.4) is 0 Å². The van der Waals surface area contributed by atoms with Gasteiger partial charge < -0.3 is 14.5 Å². The van der Waals surface area contributed by atoms with Gasteiger partial charge in [0, 0.05) is 24.2 Å². The van der Waals surface area contributed by atoms with Crippen molar-refractivity contribution in [3.8, 4) is 5.75 Å². The number of hydrogen-bond acceptors (Lipinski definition) is 5. The summed E-state index contributed by atoms with van der Waals surface area (Å²) in [4.78, 5) is 12.4. The summed E-state index contributed by atoms with van der Waals surface area (Å²) in [6.45, 7) is 4.59. The Bertz CT molecular complexity index is 1110. The summed E-state index contributed by atoms with van der Waals surface area (Å²) in [5.74, 6) is -0.200. The Morgan fingerprint density at radius 3 is 2.59 bits per heavy atom. The van der Waals surface area contributed by atoms with E-state index in [9.17, 15) is 12.8 Å². The second kappa shape index (κ2) is 10.3. The summed E-state index contributed by atoms with van der Waals surface area (Å²) < 4.78 is 42.5. The van der Waals surface area contributed by atoms with Crippen LogP contribution in [0.2, 0.25) is 5.02 Å². The van der Waals surface area contributed by atoms with Gasteiger partial charge in [-0.3, -0.25) is 0 Å². The van der Waals surface area contributed by atoms with E-state index in [4.69, 9.17) is 21.5 Å². The molecule has 0 bridgehead atoms. The lowest BCUT2D eigenvalue weighted by molar-refractivity contribution is 0.231. The van der Waals surface area contributed by atoms with Crippen molar-refractivity contribution in [2.75, 3.05) is 19.0 Å². The number of ether oxygens (including phenoxy) is 1. The Morgan fingerprint density at radius 2 is 1.97 bits per heavy atom. The Balaban J connectivity index is 1.86. The fourth-order valence-corrected chi connectivity index (χ4v) is 3.58. The number of sulfonamides is 1. The van der Waals surface area contributed by atoms with Crippen LogP contribution in [0.1, 0.15) is 19.4 Å². The third-order valence-electron chi connectivity index (χ3n) is 4.43. The van der Waals surface area contributed by atoms with Crippen LogP contribution >= 0.6 is 11.6 Å². The van der Waals surface area contributed by atoms with Crippen molar-refractivity contribution in [2.24, 2.45) is 15.1 Å². The van der Waals surface area contributed by atoms with Gasteiger partial charge in [0.1, 0.15) is 0 Å². The van der Waals surface area contributed by atoms with E-state index in [2.05, 4.69) is 9.98 Å². The molecule has 0 saturated carbocycles. The van der Waals surface area contributed by atoms with Crippen LogP contribution in [-0.2, 0) is 16.6 Å². The number of primary sulfonamides is 1. The molecule has 8 nitrogen and oxygen atoms in total. The number of hydrogen-bond donors (Lipinski definition) is 1. The van der Waals surface area contributed by atoms with E-state index in [-0.39, 0.29) is 24.2 Å². The first-order chi connectivity index (χ1) is 15.1. The zero-order valence-electron chi connectivity index (χ0n) is 17.8. The maximum absolute atomic E-state index is 14.4. The predicted molar refractivity (Wildman–Crippen MR) is 124 cm³/mol. The van der Waals surface area contributed by atoms with Gasteiger partial charge in [-0.2, -0.15) is 0 Å². The molecule has 172 valence electrons. The highest BCUT2D eigenvalue weighted by Crippen LogP contribution is 2.25. The number of nitrogens with zero attached hydrogens (tertiary/aromatic N) is 4. The molecular weight excluding hydrogens is 457 g/mol. The zero-order valence-corrected chi connectivity index (χ0v) is 19.4. The van der Waals surface area contributed by atoms with Gasteiger partial charge in [-0.1, -0.05) is 23.7 Å². The number of benzene rings is 2. The Kier molecular flexibility index (Phi) is 7.70. The lowest BCUT2D eigenvalue weighted by Gasteiger charge is -2.33. The van der Waals surface area contributed by atoms with Gasteiger partial charge in [0.25, 0.3) is 0 Å². The van der Waals surface area contributed by atoms with E-state index >= 15 is 0 Å². The predicted octanol–water partition coefficient (Wildman–Crippen LogP) is 3.35. The maximum Gasteiger partial charge on any atom is 0.229 e. The second-order valence-electron chi connectivity index (χ2n) is 7.58. The zero-order chi connectivity index (χ0) is 23.3. The minimum absolute atomic E-state index is 0.150. The number of halogens is 2. The molecule has 0 aromatic heterocycles. The van der Waals surface area contributed by atoms with Gasteiger partial charge in [0.15, 0.2) is 11.6 Å². The molecule has 0 spiro atoms. The molecule has 0 aliphatic carbocycles. The molecule has 11 heteroatoms. The third kappa shape index (κ3) is 7.18. The summed E-state index contributed by atoms with van der Waals surface area (Å²) in [5.41, 5.74) is 1.34. The molecule has 0 saturated heterocycles. The molecule has 3 rings (SSSR count). The smallest absolute Gasteiger partial charge is 0.229 e. The largest absolute Gasteiger partial charge is 0.488 e. The Hall–Kier alpha value is -2.69. The van der Waals surface area contributed by atoms with E-state index in [0.29, 0.717) is 29.9 Å². The molecule has 2 aromatic rings. The molecule has 1 aliphatic rings. The summed E-state index contributed by atoms with van der Waals surface area (Å²) in [7, 11) is -3.60. The van der Waals surface area contributed by atoms with Crippen molar-refractivity contribution in [1.29, 1.82) is 0 Å². The fraction of sp³-hybridized carbons (Fsp3) is 0.333. The number of aliphatic imine (C=N–C) groups is 2. The summed E-state index contributed by atoms with van der Waals surface area (Å²) >= 11 is 5.97. The van der Waals surface area contributed by atoms with Crippen LogP contribution in [0.4, 0.5) is 10.1 Å². The van der Waals surface area contributed by atoms with Gasteiger partial charge in [0.2, 0.25) is 16.0 Å². The van der Waals surface area contributed by atoms with Crippen LogP contribution in [0.25, 0.3) is 0 Å². The average Bonchev–Trinajstić information content (AvgIpc) is 2.71. The quantitative estimate of drug-likeness (QED) is 0.623. The van der Waals surface area contributed by atoms with E-state index < -0.39 is 15.8 Å². The molecule has 1 aliphatic heterocycles. The fourth-order valence-electron chi connectivity index (χ4n) is 2.96. The molecule has 2 N–H and O–H groups in total. The first-order valence-corrected chi connectivity index (χ1v) is 12.0. The Morgan fingerprint density at radius 1 is 1.25 bits per heavy atom. The van der Waals surface area contributed by atoms with E-state index in [0.717, 1.165) is 5.56 Å². The molecule has 0 amide bonds. The first kappa shape index (κ1) is 24.0. The van der Waals surface area contributed by atoms with E-state index in [1.165, 1.54) is 18.5 Å². The molecule has 0 radical (unpaired) electrons. The molecule has 1 heterocycles. The first-order valence-electron chi connectivity index (χ1n) is 9.92. The Labute approximate surface area is 192 Å². The standard InChI is InChI=1S/C21H25ClFN5O3S/c1-15(2)31-20-8-7-18(11-19(20)23)26-21-25-13-27(9-10-32(24,29)30)14-28(21)12-16-3-5-17(22)6-4-16/h3-8,11,13,15H,9-10,12,14H2,1-2H3,(H2,24,29,30). The van der Waals surface area contributed by atoms with Crippen molar-refractivity contribution >= 4 is 39.6 Å². The van der Waals surface area contributed by atoms with Crippen molar-refractivity contribution in [1.82, 2.24) is 9.80 Å². The lowest BCUT2D eigenvalue weighted by atomic mass is 10.2. The maximum atomic E-state index is 14.4. The lowest BCUT2D eigenvalue weighted by Crippen LogP contribution is -2.46. The highest BCUT2D eigenvalue weighted by atomic mass is 35.5. The summed E-state index contributed by atoms with van der Waals surface area (Å²) in [5, 5.41) is 5.74. The molecular formula is C21H25ClFN5O3S. The van der Waals surface area contributed by atoms with Crippen molar-refractivity contribution in [3.05, 3.63) is 58.9 Å². The topological polar surface area (TPSA) is 101 Å². The number of guanidine groups is 1. The van der Waals surface area contributed by atoms with Gasteiger partial charge in [-0.15, -0.1) is 0 Å². The molecule has 32 heavy (non-hydrogen) atoms. The molecule has 0 atom stereocenters. The second-order valence-corrected chi connectivity index (χ2v) is 9.75. The third-order valence-corrected chi connectivity index (χ3v) is 5.43. The normalized spacial score (nSPS) is 15.6. The van der Waals surface area contributed by atoms with Gasteiger partial charge in [-0.05, 0) is 43.7 Å². The SMILES string of the molecule is CC(C)Oc1ccc(N=C2N=CN(CCS(N)(=O)=O)CN2Cc2ccc(Cl)cc2)cc1F. The highest BCUT2D eigenvalue weighted by Gasteiger charge is 2.20. The number of rotatable bonds is 8. The molecule has 0 unspecified atom stereocenters. The summed E-state index contributed by atoms with van der Waals surface area (Å²) in [6.07, 6.45) is 1.36. The minimum atomic E-state index is -3.60. The van der Waals surface area contributed by atoms with Crippen LogP contribution in [-0.4, -0.2) is 55.6 Å². The van der Waals surface area contributed by atoms with Crippen molar-refractivity contribution in [3.63, 3.8) is 0 Å².